The summed E-state index contributed by atoms with van der Waals surface area (Å²) in [5.41, 5.74) is 4.91. The van der Waals surface area contributed by atoms with Gasteiger partial charge in [0.15, 0.2) is 5.60 Å². The smallest absolute Gasteiger partial charge is 0.274 e. The fourth-order valence-electron chi connectivity index (χ4n) is 9.56. The lowest BCUT2D eigenvalue weighted by Crippen LogP contribution is -2.71. The number of piperidine rings is 1. The molecule has 2 aromatic carbocycles. The summed E-state index contributed by atoms with van der Waals surface area (Å²) in [4.78, 5) is 48.4. The molecule has 4 heterocycles. The van der Waals surface area contributed by atoms with Crippen molar-refractivity contribution >= 4 is 23.2 Å². The molecule has 6 aliphatic rings. The minimum Gasteiger partial charge on any atom is -0.347 e. The minimum absolute atomic E-state index is 0.00562. The number of ether oxygens (including phenoxy) is 1. The number of piperazine rings is 1. The standard InChI is InChI=1S/C37H43N3O5/c1-22(2)36(20-31(41)26-18-28-27-12-7-11-24-14-15-25(33(24)27)19-29(28)38(3)21-26)35(43)40-30(17-23-9-5-4-6-10-23)34(42)39-16-8-13-32(39)37(40,44)45-36/h4-7,9-12,15,22,26,28-30,32,44H,8,13-14,16-21H2,1-3H3/t26-,28?,29-,30-,32-,36+,37-/m0/s1. The summed E-state index contributed by atoms with van der Waals surface area (Å²) in [6.07, 6.45) is 6.51. The van der Waals surface area contributed by atoms with E-state index in [-0.39, 0.29) is 42.3 Å². The van der Waals surface area contributed by atoms with Crippen molar-refractivity contribution in [1.82, 2.24) is 14.7 Å². The van der Waals surface area contributed by atoms with Gasteiger partial charge in [-0.05, 0) is 72.9 Å². The Balaban J connectivity index is 1.11. The van der Waals surface area contributed by atoms with E-state index in [1.165, 1.54) is 27.2 Å². The van der Waals surface area contributed by atoms with Crippen LogP contribution in [0.3, 0.4) is 0 Å². The Morgan fingerprint density at radius 2 is 1.91 bits per heavy atom. The summed E-state index contributed by atoms with van der Waals surface area (Å²) in [6, 6.07) is 15.0. The molecule has 8 heteroatoms. The van der Waals surface area contributed by atoms with Crippen molar-refractivity contribution in [2.24, 2.45) is 11.8 Å². The lowest BCUT2D eigenvalue weighted by atomic mass is 9.68. The Kier molecular flexibility index (Phi) is 6.69. The van der Waals surface area contributed by atoms with E-state index in [0.29, 0.717) is 25.6 Å². The van der Waals surface area contributed by atoms with Crippen molar-refractivity contribution in [3.8, 4) is 0 Å². The Labute approximate surface area is 265 Å². The Morgan fingerprint density at radius 1 is 1.11 bits per heavy atom. The fraction of sp³-hybridized carbons (Fsp3) is 0.541. The van der Waals surface area contributed by atoms with Crippen molar-refractivity contribution in [2.75, 3.05) is 20.1 Å². The summed E-state index contributed by atoms with van der Waals surface area (Å²) in [6.45, 7) is 4.93. The third-order valence-corrected chi connectivity index (χ3v) is 11.9. The van der Waals surface area contributed by atoms with E-state index in [4.69, 9.17) is 4.74 Å². The summed E-state index contributed by atoms with van der Waals surface area (Å²) < 4.78 is 6.63. The van der Waals surface area contributed by atoms with Crippen molar-refractivity contribution < 1.29 is 24.2 Å². The number of nitrogens with zero attached hydrogens (tertiary/aromatic N) is 3. The van der Waals surface area contributed by atoms with Gasteiger partial charge in [0.1, 0.15) is 17.9 Å². The third-order valence-electron chi connectivity index (χ3n) is 11.9. The fourth-order valence-corrected chi connectivity index (χ4v) is 9.56. The third kappa shape index (κ3) is 4.18. The number of likely N-dealkylation sites (tertiary alicyclic amines) is 1. The van der Waals surface area contributed by atoms with Gasteiger partial charge in [-0.15, -0.1) is 0 Å². The first-order valence-electron chi connectivity index (χ1n) is 16.8. The molecule has 45 heavy (non-hydrogen) atoms. The van der Waals surface area contributed by atoms with Gasteiger partial charge in [-0.1, -0.05) is 68.5 Å². The zero-order valence-electron chi connectivity index (χ0n) is 26.4. The number of amides is 2. The summed E-state index contributed by atoms with van der Waals surface area (Å²) >= 11 is 0. The topological polar surface area (TPSA) is 90.4 Å². The lowest BCUT2D eigenvalue weighted by Gasteiger charge is -2.49. The number of Topliss-reactive ketones (excluding diaryl/α,β-unsaturated/α-hetero) is 1. The zero-order valence-corrected chi connectivity index (χ0v) is 26.4. The monoisotopic (exact) mass is 609 g/mol. The van der Waals surface area contributed by atoms with Crippen molar-refractivity contribution in [3.05, 3.63) is 76.9 Å². The van der Waals surface area contributed by atoms with Gasteiger partial charge in [0.25, 0.3) is 11.8 Å². The highest BCUT2D eigenvalue weighted by Crippen LogP contribution is 2.52. The second-order valence-corrected chi connectivity index (χ2v) is 14.6. The van der Waals surface area contributed by atoms with Crippen LogP contribution in [0.1, 0.15) is 74.1 Å². The zero-order chi connectivity index (χ0) is 31.2. The minimum atomic E-state index is -1.98. The Bertz CT molecular complexity index is 1600. The number of aliphatic hydroxyl groups is 1. The number of likely N-dealkylation sites (N-methyl/N-ethyl adjacent to an activating group) is 1. The highest BCUT2D eigenvalue weighted by Gasteiger charge is 2.71. The van der Waals surface area contributed by atoms with E-state index in [9.17, 15) is 19.5 Å². The molecule has 0 radical (unpaired) electrons. The predicted molar refractivity (Wildman–Crippen MR) is 169 cm³/mol. The van der Waals surface area contributed by atoms with Crippen molar-refractivity contribution in [2.45, 2.75) is 94.3 Å². The molecule has 2 aliphatic carbocycles. The maximum Gasteiger partial charge on any atom is 0.274 e. The largest absolute Gasteiger partial charge is 0.347 e. The summed E-state index contributed by atoms with van der Waals surface area (Å²) in [5, 5.41) is 12.4. The maximum atomic E-state index is 14.7. The SMILES string of the molecule is CC(C)[C@@]1(CC(=O)[C@H]2CC3c4cccc5c4C(=CC5)C[C@@H]3N(C)C2)O[C@@]2(O)[C@@H]3CCCN3C(=O)[C@H](Cc3ccccc3)N2C1=O. The van der Waals surface area contributed by atoms with Crippen LogP contribution in [-0.2, 0) is 32.0 Å². The quantitative estimate of drug-likeness (QED) is 0.535. The van der Waals surface area contributed by atoms with E-state index >= 15 is 0 Å². The van der Waals surface area contributed by atoms with Crippen LogP contribution in [0.5, 0.6) is 0 Å². The average molecular weight is 610 g/mol. The second kappa shape index (κ2) is 10.3. The summed E-state index contributed by atoms with van der Waals surface area (Å²) in [5.74, 6) is -2.99. The van der Waals surface area contributed by atoms with Gasteiger partial charge in [0, 0.05) is 43.8 Å². The highest BCUT2D eigenvalue weighted by molar-refractivity contribution is 5.99. The van der Waals surface area contributed by atoms with E-state index < -0.39 is 29.5 Å². The first-order valence-corrected chi connectivity index (χ1v) is 16.8. The molecule has 0 aromatic heterocycles. The molecule has 4 fully saturated rings. The highest BCUT2D eigenvalue weighted by atomic mass is 16.7. The van der Waals surface area contributed by atoms with Crippen molar-refractivity contribution in [3.63, 3.8) is 0 Å². The molecule has 0 bridgehead atoms. The van der Waals surface area contributed by atoms with Crippen LogP contribution < -0.4 is 0 Å². The molecule has 8 nitrogen and oxygen atoms in total. The van der Waals surface area contributed by atoms with Gasteiger partial charge in [-0.2, -0.15) is 0 Å². The number of hydrogen-bond acceptors (Lipinski definition) is 6. The van der Waals surface area contributed by atoms with Gasteiger partial charge in [0.2, 0.25) is 5.91 Å². The van der Waals surface area contributed by atoms with Crippen LogP contribution in [-0.4, -0.2) is 87.2 Å². The van der Waals surface area contributed by atoms with Gasteiger partial charge in [-0.25, -0.2) is 0 Å². The van der Waals surface area contributed by atoms with E-state index in [0.717, 1.165) is 31.2 Å². The molecule has 1 unspecified atom stereocenters. The second-order valence-electron chi connectivity index (χ2n) is 14.6. The first kappa shape index (κ1) is 29.1. The van der Waals surface area contributed by atoms with Crippen LogP contribution in [0.2, 0.25) is 0 Å². The van der Waals surface area contributed by atoms with Crippen LogP contribution >= 0.6 is 0 Å². The molecule has 2 amide bonds. The van der Waals surface area contributed by atoms with Gasteiger partial charge < -0.3 is 19.6 Å². The molecule has 0 saturated carbocycles. The number of ketones is 1. The number of hydrogen-bond donors (Lipinski definition) is 1. The molecule has 1 N–H and O–H groups in total. The number of rotatable bonds is 6. The van der Waals surface area contributed by atoms with Gasteiger partial charge >= 0.3 is 0 Å². The normalized spacial score (nSPS) is 35.3. The number of allylic oxidation sites excluding steroid dienone is 1. The van der Waals surface area contributed by atoms with Crippen LogP contribution in [0, 0.1) is 11.8 Å². The van der Waals surface area contributed by atoms with Gasteiger partial charge in [-0.3, -0.25) is 19.3 Å². The van der Waals surface area contributed by atoms with Crippen LogP contribution in [0.15, 0.2) is 54.6 Å². The number of fused-ring (bicyclic) bond motifs is 5. The molecular formula is C37H43N3O5. The molecule has 236 valence electrons. The molecule has 8 rings (SSSR count). The molecule has 2 aromatic rings. The number of carbonyl (C=O) groups is 3. The van der Waals surface area contributed by atoms with Crippen molar-refractivity contribution in [1.29, 1.82) is 0 Å². The van der Waals surface area contributed by atoms with Gasteiger partial charge in [0.05, 0.1) is 0 Å². The number of carbonyl (C=O) groups excluding carboxylic acids is 3. The molecule has 4 aliphatic heterocycles. The molecule has 7 atom stereocenters. The maximum absolute atomic E-state index is 14.7. The molecular weight excluding hydrogens is 566 g/mol. The number of benzene rings is 2. The van der Waals surface area contributed by atoms with E-state index in [2.05, 4.69) is 36.2 Å². The van der Waals surface area contributed by atoms with Crippen LogP contribution in [0.25, 0.3) is 5.57 Å². The Morgan fingerprint density at radius 3 is 2.69 bits per heavy atom. The van der Waals surface area contributed by atoms with Crippen LogP contribution in [0.4, 0.5) is 0 Å². The molecule has 0 spiro atoms. The predicted octanol–water partition coefficient (Wildman–Crippen LogP) is 3.91. The van der Waals surface area contributed by atoms with E-state index in [1.54, 1.807) is 4.90 Å². The molecule has 4 saturated heterocycles. The average Bonchev–Trinajstić information content (AvgIpc) is 3.74. The van der Waals surface area contributed by atoms with E-state index in [1.807, 2.05) is 44.2 Å². The first-order chi connectivity index (χ1) is 21.6. The summed E-state index contributed by atoms with van der Waals surface area (Å²) in [7, 11) is 2.12. The Hall–Kier alpha value is -3.33. The lowest BCUT2D eigenvalue weighted by molar-refractivity contribution is -0.318.